The number of piperidine rings is 1. The highest BCUT2D eigenvalue weighted by Crippen LogP contribution is 2.30. The third-order valence-corrected chi connectivity index (χ3v) is 6.79. The van der Waals surface area contributed by atoms with E-state index in [-0.39, 0.29) is 17.4 Å². The predicted molar refractivity (Wildman–Crippen MR) is 124 cm³/mol. The fourth-order valence-electron chi connectivity index (χ4n) is 4.96. The third kappa shape index (κ3) is 3.98. The molecule has 0 unspecified atom stereocenters. The molecule has 0 radical (unpaired) electrons. The molecule has 32 heavy (non-hydrogen) atoms. The molecule has 2 N–H and O–H groups in total. The number of pyridine rings is 1. The van der Waals surface area contributed by atoms with Gasteiger partial charge in [0.1, 0.15) is 11.5 Å². The lowest BCUT2D eigenvalue weighted by molar-refractivity contribution is 0.0958. The monoisotopic (exact) mass is 432 g/mol. The molecule has 1 atom stereocenters. The molecule has 1 amide bonds. The van der Waals surface area contributed by atoms with Crippen molar-refractivity contribution in [3.8, 4) is 0 Å². The highest BCUT2D eigenvalue weighted by Gasteiger charge is 2.32. The Balaban J connectivity index is 1.20. The number of para-hydroxylation sites is 1. The van der Waals surface area contributed by atoms with E-state index in [1.165, 1.54) is 0 Å². The summed E-state index contributed by atoms with van der Waals surface area (Å²) in [6.07, 6.45) is 4.99. The highest BCUT2D eigenvalue weighted by molar-refractivity contribution is 5.92. The van der Waals surface area contributed by atoms with Gasteiger partial charge in [0.2, 0.25) is 0 Å². The summed E-state index contributed by atoms with van der Waals surface area (Å²) in [5.41, 5.74) is 2.23. The molecule has 2 aliphatic heterocycles. The van der Waals surface area contributed by atoms with Crippen LogP contribution in [0.5, 0.6) is 0 Å². The number of nitrogens with zero attached hydrogens (tertiary/aromatic N) is 4. The van der Waals surface area contributed by atoms with Crippen molar-refractivity contribution >= 4 is 22.5 Å². The number of anilines is 1. The molecule has 0 saturated carbocycles. The number of likely N-dealkylation sites (tertiary alicyclic amines) is 1. The Hall–Kier alpha value is -3.26. The number of benzene rings is 1. The Morgan fingerprint density at radius 1 is 1.09 bits per heavy atom. The quantitative estimate of drug-likeness (QED) is 0.656. The standard InChI is InChI=1S/C24H28N6O2/c1-25-24(32)21-7-6-18(14-26-21)29-12-9-17(10-13-29)30-11-8-16(15-30)22-27-20-5-3-2-4-19(20)23(31)28-22/h2-7,14,16-17H,8-13,15H2,1H3,(H,25,32)(H,27,28,31)/t16-/m1/s1. The van der Waals surface area contributed by atoms with Gasteiger partial charge in [-0.2, -0.15) is 0 Å². The van der Waals surface area contributed by atoms with Crippen LogP contribution in [0.4, 0.5) is 5.69 Å². The normalized spacial score (nSPS) is 20.0. The van der Waals surface area contributed by atoms with Gasteiger partial charge in [0, 0.05) is 38.6 Å². The molecule has 2 aromatic heterocycles. The molecule has 8 heteroatoms. The van der Waals surface area contributed by atoms with Crippen molar-refractivity contribution in [2.75, 3.05) is 38.1 Å². The van der Waals surface area contributed by atoms with Crippen LogP contribution in [-0.4, -0.2) is 65.0 Å². The summed E-state index contributed by atoms with van der Waals surface area (Å²) in [6, 6.07) is 11.8. The maximum atomic E-state index is 12.4. The molecule has 3 aromatic rings. The van der Waals surface area contributed by atoms with Crippen LogP contribution >= 0.6 is 0 Å². The Labute approximate surface area is 186 Å². The van der Waals surface area contributed by atoms with Gasteiger partial charge in [-0.25, -0.2) is 9.97 Å². The zero-order valence-corrected chi connectivity index (χ0v) is 18.3. The van der Waals surface area contributed by atoms with E-state index in [0.29, 0.717) is 17.1 Å². The number of rotatable bonds is 4. The lowest BCUT2D eigenvalue weighted by atomic mass is 10.0. The Morgan fingerprint density at radius 2 is 1.91 bits per heavy atom. The van der Waals surface area contributed by atoms with Gasteiger partial charge in [0.05, 0.1) is 22.8 Å². The number of amides is 1. The molecule has 4 heterocycles. The summed E-state index contributed by atoms with van der Waals surface area (Å²) >= 11 is 0. The number of carbonyl (C=O) groups is 1. The van der Waals surface area contributed by atoms with Crippen LogP contribution in [0, 0.1) is 0 Å². The number of H-pyrrole nitrogens is 1. The van der Waals surface area contributed by atoms with Gasteiger partial charge in [-0.15, -0.1) is 0 Å². The Bertz CT molecular complexity index is 1170. The third-order valence-electron chi connectivity index (χ3n) is 6.79. The molecule has 1 aromatic carbocycles. The van der Waals surface area contributed by atoms with E-state index >= 15 is 0 Å². The molecule has 5 rings (SSSR count). The number of hydrogen-bond acceptors (Lipinski definition) is 6. The summed E-state index contributed by atoms with van der Waals surface area (Å²) in [4.78, 5) is 41.1. The van der Waals surface area contributed by atoms with Crippen molar-refractivity contribution in [1.82, 2.24) is 25.2 Å². The Kier molecular flexibility index (Phi) is 5.61. The average molecular weight is 433 g/mol. The number of nitrogens with one attached hydrogen (secondary N) is 2. The van der Waals surface area contributed by atoms with Gasteiger partial charge in [-0.1, -0.05) is 12.1 Å². The minimum absolute atomic E-state index is 0.0478. The topological polar surface area (TPSA) is 94.2 Å². The second-order valence-corrected chi connectivity index (χ2v) is 8.65. The first-order valence-corrected chi connectivity index (χ1v) is 11.3. The lowest BCUT2D eigenvalue weighted by Crippen LogP contribution is -2.44. The molecule has 2 aliphatic rings. The van der Waals surface area contributed by atoms with E-state index in [1.54, 1.807) is 19.3 Å². The molecule has 166 valence electrons. The first-order valence-electron chi connectivity index (χ1n) is 11.3. The zero-order chi connectivity index (χ0) is 22.1. The van der Waals surface area contributed by atoms with Crippen molar-refractivity contribution in [1.29, 1.82) is 0 Å². The van der Waals surface area contributed by atoms with E-state index < -0.39 is 0 Å². The largest absolute Gasteiger partial charge is 0.370 e. The lowest BCUT2D eigenvalue weighted by Gasteiger charge is -2.37. The number of aromatic nitrogens is 3. The van der Waals surface area contributed by atoms with Crippen LogP contribution < -0.4 is 15.8 Å². The molecular formula is C24H28N6O2. The summed E-state index contributed by atoms with van der Waals surface area (Å²) < 4.78 is 0. The van der Waals surface area contributed by atoms with Crippen LogP contribution in [0.15, 0.2) is 47.4 Å². The van der Waals surface area contributed by atoms with Gasteiger partial charge >= 0.3 is 0 Å². The molecule has 2 saturated heterocycles. The fourth-order valence-corrected chi connectivity index (χ4v) is 4.96. The van der Waals surface area contributed by atoms with Crippen molar-refractivity contribution in [2.24, 2.45) is 0 Å². The SMILES string of the molecule is CNC(=O)c1ccc(N2CCC(N3CC[C@@H](c4nc5ccccc5c(=O)[nH]4)C3)CC2)cn1. The first kappa shape index (κ1) is 20.6. The van der Waals surface area contributed by atoms with Crippen LogP contribution in [0.2, 0.25) is 0 Å². The van der Waals surface area contributed by atoms with Crippen LogP contribution in [0.1, 0.15) is 41.5 Å². The van der Waals surface area contributed by atoms with Crippen molar-refractivity contribution in [3.63, 3.8) is 0 Å². The molecule has 0 spiro atoms. The van der Waals surface area contributed by atoms with Gasteiger partial charge in [0.25, 0.3) is 11.5 Å². The summed E-state index contributed by atoms with van der Waals surface area (Å²) in [6.45, 7) is 3.92. The van der Waals surface area contributed by atoms with Crippen molar-refractivity contribution < 1.29 is 4.79 Å². The van der Waals surface area contributed by atoms with Crippen molar-refractivity contribution in [2.45, 2.75) is 31.2 Å². The zero-order valence-electron chi connectivity index (χ0n) is 18.3. The van der Waals surface area contributed by atoms with E-state index in [4.69, 9.17) is 4.98 Å². The Morgan fingerprint density at radius 3 is 2.66 bits per heavy atom. The maximum absolute atomic E-state index is 12.4. The van der Waals surface area contributed by atoms with E-state index in [9.17, 15) is 9.59 Å². The number of fused-ring (bicyclic) bond motifs is 1. The average Bonchev–Trinajstić information content (AvgIpc) is 3.34. The summed E-state index contributed by atoms with van der Waals surface area (Å²) in [5.74, 6) is 0.920. The minimum Gasteiger partial charge on any atom is -0.370 e. The molecule has 2 fully saturated rings. The van der Waals surface area contributed by atoms with Gasteiger partial charge in [-0.3, -0.25) is 14.5 Å². The smallest absolute Gasteiger partial charge is 0.269 e. The fraction of sp³-hybridized carbons (Fsp3) is 0.417. The van der Waals surface area contributed by atoms with E-state index in [1.807, 2.05) is 30.3 Å². The van der Waals surface area contributed by atoms with Gasteiger partial charge in [0.15, 0.2) is 0 Å². The number of carbonyl (C=O) groups excluding carboxylic acids is 1. The first-order chi connectivity index (χ1) is 15.6. The van der Waals surface area contributed by atoms with Crippen LogP contribution in [0.25, 0.3) is 10.9 Å². The molecule has 8 nitrogen and oxygen atoms in total. The van der Waals surface area contributed by atoms with E-state index in [0.717, 1.165) is 62.5 Å². The molecule has 0 bridgehead atoms. The summed E-state index contributed by atoms with van der Waals surface area (Å²) in [7, 11) is 1.61. The minimum atomic E-state index is -0.166. The van der Waals surface area contributed by atoms with Gasteiger partial charge in [-0.05, 0) is 50.1 Å². The van der Waals surface area contributed by atoms with Crippen molar-refractivity contribution in [3.05, 3.63) is 64.5 Å². The van der Waals surface area contributed by atoms with Crippen LogP contribution in [0.3, 0.4) is 0 Å². The highest BCUT2D eigenvalue weighted by atomic mass is 16.1. The van der Waals surface area contributed by atoms with Gasteiger partial charge < -0.3 is 15.2 Å². The number of hydrogen-bond donors (Lipinski definition) is 2. The van der Waals surface area contributed by atoms with E-state index in [2.05, 4.69) is 25.1 Å². The second-order valence-electron chi connectivity index (χ2n) is 8.65. The molecule has 0 aliphatic carbocycles. The number of aromatic amines is 1. The maximum Gasteiger partial charge on any atom is 0.269 e. The second kappa shape index (κ2) is 8.70. The van der Waals surface area contributed by atoms with Crippen LogP contribution in [-0.2, 0) is 0 Å². The summed E-state index contributed by atoms with van der Waals surface area (Å²) in [5, 5.41) is 3.25. The molecular weight excluding hydrogens is 404 g/mol. The predicted octanol–water partition coefficient (Wildman–Crippen LogP) is 2.14.